The van der Waals surface area contributed by atoms with Crippen molar-refractivity contribution in [3.05, 3.63) is 5.89 Å². The molecule has 0 aliphatic rings. The van der Waals surface area contributed by atoms with Crippen molar-refractivity contribution in [1.29, 1.82) is 0 Å². The molecule has 1 aromatic heterocycles. The Balaban J connectivity index is 2.20. The van der Waals surface area contributed by atoms with Crippen LogP contribution >= 0.6 is 23.5 Å². The third-order valence-corrected chi connectivity index (χ3v) is 3.76. The number of aromatic nitrogens is 2. The van der Waals surface area contributed by atoms with E-state index in [0.717, 1.165) is 11.5 Å². The zero-order valence-corrected chi connectivity index (χ0v) is 11.0. The van der Waals surface area contributed by atoms with Crippen LogP contribution < -0.4 is 4.90 Å². The summed E-state index contributed by atoms with van der Waals surface area (Å²) in [4.78, 5) is 6.09. The third kappa shape index (κ3) is 4.79. The summed E-state index contributed by atoms with van der Waals surface area (Å²) >= 11 is 3.79. The summed E-state index contributed by atoms with van der Waals surface area (Å²) in [6.45, 7) is 2.18. The quantitative estimate of drug-likeness (QED) is 0.688. The lowest BCUT2D eigenvalue weighted by molar-refractivity contribution is 0.391. The summed E-state index contributed by atoms with van der Waals surface area (Å²) in [6.07, 6.45) is 0. The predicted octanol–water partition coefficient (Wildman–Crippen LogP) is 2.12. The molecule has 0 unspecified atom stereocenters. The Hall–Kier alpha value is -0.360. The van der Waals surface area contributed by atoms with Gasteiger partial charge in [0, 0.05) is 25.6 Å². The van der Waals surface area contributed by atoms with Gasteiger partial charge in [-0.1, -0.05) is 6.92 Å². The van der Waals surface area contributed by atoms with Gasteiger partial charge in [0.2, 0.25) is 5.89 Å². The van der Waals surface area contributed by atoms with Gasteiger partial charge in [0.1, 0.15) is 0 Å². The van der Waals surface area contributed by atoms with Crippen LogP contribution in [0.3, 0.4) is 0 Å². The molecule has 0 radical (unpaired) electrons. The Bertz CT molecular complexity index is 278. The minimum Gasteiger partial charge on any atom is -0.344 e. The normalized spacial score (nSPS) is 10.6. The van der Waals surface area contributed by atoms with Crippen LogP contribution in [-0.4, -0.2) is 41.5 Å². The average Bonchev–Trinajstić information content (AvgIpc) is 2.66. The van der Waals surface area contributed by atoms with E-state index in [1.54, 1.807) is 0 Å². The van der Waals surface area contributed by atoms with Crippen LogP contribution in [0.5, 0.6) is 0 Å². The molecule has 86 valence electrons. The van der Waals surface area contributed by atoms with E-state index in [-0.39, 0.29) is 0 Å². The summed E-state index contributed by atoms with van der Waals surface area (Å²) in [5.41, 5.74) is 0. The van der Waals surface area contributed by atoms with Crippen molar-refractivity contribution < 1.29 is 4.52 Å². The summed E-state index contributed by atoms with van der Waals surface area (Å²) in [6, 6.07) is 0. The van der Waals surface area contributed by atoms with E-state index in [2.05, 4.69) is 17.1 Å². The Morgan fingerprint density at radius 1 is 1.27 bits per heavy atom. The number of anilines is 1. The number of hydrogen-bond acceptors (Lipinski definition) is 6. The van der Waals surface area contributed by atoms with Gasteiger partial charge in [-0.3, -0.25) is 0 Å². The molecule has 0 aliphatic carbocycles. The molecule has 15 heavy (non-hydrogen) atoms. The number of hydrogen-bond donors (Lipinski definition) is 0. The summed E-state index contributed by atoms with van der Waals surface area (Å²) < 4.78 is 5.10. The molecule has 0 aliphatic heterocycles. The van der Waals surface area contributed by atoms with Crippen LogP contribution in [0.25, 0.3) is 0 Å². The van der Waals surface area contributed by atoms with Gasteiger partial charge in [-0.2, -0.15) is 28.5 Å². The summed E-state index contributed by atoms with van der Waals surface area (Å²) in [5, 5.41) is 3.85. The molecule has 4 nitrogen and oxygen atoms in total. The highest BCUT2D eigenvalue weighted by Gasteiger charge is 2.06. The van der Waals surface area contributed by atoms with E-state index in [1.165, 1.54) is 11.5 Å². The maximum absolute atomic E-state index is 5.10. The fourth-order valence-electron chi connectivity index (χ4n) is 0.908. The Kier molecular flexibility index (Phi) is 5.93. The van der Waals surface area contributed by atoms with E-state index in [9.17, 15) is 0 Å². The highest BCUT2D eigenvalue weighted by Crippen LogP contribution is 2.14. The minimum atomic E-state index is 0.647. The zero-order chi connectivity index (χ0) is 11.1. The monoisotopic (exact) mass is 247 g/mol. The van der Waals surface area contributed by atoms with Crippen molar-refractivity contribution in [2.24, 2.45) is 0 Å². The maximum atomic E-state index is 5.10. The largest absolute Gasteiger partial charge is 0.344 e. The Labute approximate surface area is 99.2 Å². The van der Waals surface area contributed by atoms with Crippen molar-refractivity contribution in [3.63, 3.8) is 0 Å². The predicted molar refractivity (Wildman–Crippen MR) is 67.8 cm³/mol. The van der Waals surface area contributed by atoms with Gasteiger partial charge < -0.3 is 9.42 Å². The lowest BCUT2D eigenvalue weighted by Crippen LogP contribution is -2.10. The maximum Gasteiger partial charge on any atom is 0.265 e. The topological polar surface area (TPSA) is 42.2 Å². The molecule has 0 N–H and O–H groups in total. The lowest BCUT2D eigenvalue weighted by atomic mass is 10.7. The highest BCUT2D eigenvalue weighted by molar-refractivity contribution is 8.02. The molecule has 1 heterocycles. The summed E-state index contributed by atoms with van der Waals surface area (Å²) in [5.74, 6) is 5.68. The first-order valence-corrected chi connectivity index (χ1v) is 7.20. The van der Waals surface area contributed by atoms with E-state index in [0.29, 0.717) is 11.8 Å². The van der Waals surface area contributed by atoms with Crippen molar-refractivity contribution >= 4 is 29.5 Å². The molecule has 0 aromatic carbocycles. The SMILES string of the molecule is CCSCCSCc1nc(N(C)C)no1. The van der Waals surface area contributed by atoms with Crippen LogP contribution in [0.2, 0.25) is 0 Å². The molecule has 1 aromatic rings. The second kappa shape index (κ2) is 7.00. The van der Waals surface area contributed by atoms with Crippen molar-refractivity contribution in [3.8, 4) is 0 Å². The van der Waals surface area contributed by atoms with E-state index in [1.807, 2.05) is 42.5 Å². The molecule has 0 amide bonds. The molecule has 0 saturated carbocycles. The summed E-state index contributed by atoms with van der Waals surface area (Å²) in [7, 11) is 3.80. The van der Waals surface area contributed by atoms with Gasteiger partial charge in [-0.05, 0) is 10.9 Å². The van der Waals surface area contributed by atoms with Crippen molar-refractivity contribution in [2.45, 2.75) is 12.7 Å². The number of rotatable bonds is 7. The molecule has 1 rings (SSSR count). The molecule has 0 bridgehead atoms. The van der Waals surface area contributed by atoms with Crippen LogP contribution in [-0.2, 0) is 5.75 Å². The highest BCUT2D eigenvalue weighted by atomic mass is 32.2. The standard InChI is InChI=1S/C9H17N3OS2/c1-4-14-5-6-15-7-8-10-9(11-13-8)12(2)3/h4-7H2,1-3H3. The molecule has 6 heteroatoms. The molecular formula is C9H17N3OS2. The van der Waals surface area contributed by atoms with Gasteiger partial charge in [0.15, 0.2) is 0 Å². The van der Waals surface area contributed by atoms with Crippen molar-refractivity contribution in [1.82, 2.24) is 10.1 Å². The van der Waals surface area contributed by atoms with Crippen LogP contribution in [0.1, 0.15) is 12.8 Å². The second-order valence-electron chi connectivity index (χ2n) is 3.13. The first kappa shape index (κ1) is 12.7. The number of thioether (sulfide) groups is 2. The molecule has 0 saturated heterocycles. The molecule has 0 fully saturated rings. The van der Waals surface area contributed by atoms with Gasteiger partial charge in [0.25, 0.3) is 5.95 Å². The van der Waals surface area contributed by atoms with Crippen molar-refractivity contribution in [2.75, 3.05) is 36.3 Å². The van der Waals surface area contributed by atoms with Gasteiger partial charge in [-0.15, -0.1) is 0 Å². The average molecular weight is 247 g/mol. The molecular weight excluding hydrogens is 230 g/mol. The smallest absolute Gasteiger partial charge is 0.265 e. The lowest BCUT2D eigenvalue weighted by Gasteiger charge is -2.02. The van der Waals surface area contributed by atoms with Crippen LogP contribution in [0.15, 0.2) is 4.52 Å². The Morgan fingerprint density at radius 3 is 2.60 bits per heavy atom. The fourth-order valence-corrected chi connectivity index (χ4v) is 2.58. The van der Waals surface area contributed by atoms with Gasteiger partial charge in [0.05, 0.1) is 5.75 Å². The Morgan fingerprint density at radius 2 is 2.00 bits per heavy atom. The third-order valence-electron chi connectivity index (χ3n) is 1.66. The number of nitrogens with zero attached hydrogens (tertiary/aromatic N) is 3. The molecule has 0 atom stereocenters. The van der Waals surface area contributed by atoms with Gasteiger partial charge >= 0.3 is 0 Å². The van der Waals surface area contributed by atoms with E-state index < -0.39 is 0 Å². The van der Waals surface area contributed by atoms with Crippen LogP contribution in [0, 0.1) is 0 Å². The second-order valence-corrected chi connectivity index (χ2v) is 5.63. The van der Waals surface area contributed by atoms with Crippen LogP contribution in [0.4, 0.5) is 5.95 Å². The minimum absolute atomic E-state index is 0.647. The van der Waals surface area contributed by atoms with Gasteiger partial charge in [-0.25, -0.2) is 0 Å². The first-order chi connectivity index (χ1) is 7.24. The van der Waals surface area contributed by atoms with E-state index >= 15 is 0 Å². The first-order valence-electron chi connectivity index (χ1n) is 4.89. The zero-order valence-electron chi connectivity index (χ0n) is 9.39. The van der Waals surface area contributed by atoms with E-state index in [4.69, 9.17) is 4.52 Å². The fraction of sp³-hybridized carbons (Fsp3) is 0.778. The molecule has 0 spiro atoms.